The minimum absolute atomic E-state index is 0.0694. The van der Waals surface area contributed by atoms with E-state index in [0.29, 0.717) is 7.11 Å². The Kier molecular flexibility index (Phi) is 6.39. The highest BCUT2D eigenvalue weighted by Gasteiger charge is 2.64. The molecule has 2 amide bonds. The van der Waals surface area contributed by atoms with Gasteiger partial charge in [-0.25, -0.2) is 19.6 Å². The van der Waals surface area contributed by atoms with Gasteiger partial charge in [0, 0.05) is 7.11 Å². The first-order valence-corrected chi connectivity index (χ1v) is 8.08. The maximum Gasteiger partial charge on any atom is 0.448 e. The number of anilines is 1. The smallest absolute Gasteiger partial charge is 0.448 e. The van der Waals surface area contributed by atoms with E-state index in [1.807, 2.05) is 0 Å². The molecule has 2 N–H and O–H groups in total. The summed E-state index contributed by atoms with van der Waals surface area (Å²) in [4.78, 5) is 30.9. The molecule has 0 bridgehead atoms. The quantitative estimate of drug-likeness (QED) is 0.421. The summed E-state index contributed by atoms with van der Waals surface area (Å²) in [5.74, 6) is -3.19. The molecule has 0 saturated heterocycles. The average Bonchev–Trinajstić information content (AvgIpc) is 2.63. The second-order valence-electron chi connectivity index (χ2n) is 5.59. The number of rotatable bonds is 5. The fraction of sp³-hybridized carbons (Fsp3) is 0.375. The molecule has 14 heteroatoms. The number of methoxy groups -OCH3 is 1. The van der Waals surface area contributed by atoms with Crippen LogP contribution in [0.2, 0.25) is 0 Å². The molecule has 0 unspecified atom stereocenters. The monoisotopic (exact) mass is 440 g/mol. The molecule has 0 spiro atoms. The lowest BCUT2D eigenvalue weighted by molar-refractivity contribution is -0.276. The van der Waals surface area contributed by atoms with E-state index in [9.17, 15) is 35.9 Å². The van der Waals surface area contributed by atoms with Crippen LogP contribution in [0.4, 0.5) is 37.0 Å². The number of fused-ring (bicyclic) bond motifs is 1. The van der Waals surface area contributed by atoms with Gasteiger partial charge in [0.05, 0.1) is 17.6 Å². The Morgan fingerprint density at radius 1 is 1.03 bits per heavy atom. The number of carbonyl (C=O) groups is 2. The standard InChI is InChI=1S/C16H14F6N4O4/c1-3-30-12(27)14(29-2,16(20,21)22)26-13(28)25-11-10(15(17,18)19)23-8-6-4-5-7-9(8)24-11/h4-7H,3H2,1-2H3,(H2,24,25,26,28)/t14-/m1/s1. The first kappa shape index (κ1) is 23.1. The van der Waals surface area contributed by atoms with Crippen molar-refractivity contribution in [3.63, 3.8) is 0 Å². The molecule has 1 heterocycles. The SMILES string of the molecule is CCOC(=O)[C@@](NC(=O)Nc1nc2ccccc2nc1C(F)(F)F)(OC)C(F)(F)F. The van der Waals surface area contributed by atoms with Gasteiger partial charge in [-0.3, -0.25) is 10.6 Å². The summed E-state index contributed by atoms with van der Waals surface area (Å²) in [6.45, 7) is 0.715. The molecule has 2 aromatic rings. The van der Waals surface area contributed by atoms with E-state index in [0.717, 1.165) is 0 Å². The van der Waals surface area contributed by atoms with Crippen molar-refractivity contribution in [2.24, 2.45) is 0 Å². The number of aromatic nitrogens is 2. The molecule has 1 atom stereocenters. The molecule has 0 aliphatic rings. The van der Waals surface area contributed by atoms with Crippen LogP contribution >= 0.6 is 0 Å². The highest BCUT2D eigenvalue weighted by Crippen LogP contribution is 2.35. The van der Waals surface area contributed by atoms with Crippen molar-refractivity contribution in [2.75, 3.05) is 19.0 Å². The van der Waals surface area contributed by atoms with Crippen molar-refractivity contribution in [2.45, 2.75) is 25.0 Å². The number of halogens is 6. The molecule has 2 rings (SSSR count). The number of para-hydroxylation sites is 2. The van der Waals surface area contributed by atoms with Gasteiger partial charge in [-0.2, -0.15) is 26.3 Å². The van der Waals surface area contributed by atoms with Crippen LogP contribution < -0.4 is 10.6 Å². The Bertz CT molecular complexity index is 949. The van der Waals surface area contributed by atoms with Crippen LogP contribution in [0.25, 0.3) is 11.0 Å². The molecular formula is C16H14F6N4O4. The number of carbonyl (C=O) groups excluding carboxylic acids is 2. The highest BCUT2D eigenvalue weighted by molar-refractivity contribution is 5.94. The molecule has 30 heavy (non-hydrogen) atoms. The van der Waals surface area contributed by atoms with Crippen LogP contribution in [-0.4, -0.2) is 47.6 Å². The van der Waals surface area contributed by atoms with E-state index in [4.69, 9.17) is 0 Å². The first-order chi connectivity index (χ1) is 13.9. The third kappa shape index (κ3) is 4.53. The topological polar surface area (TPSA) is 102 Å². The van der Waals surface area contributed by atoms with Crippen LogP contribution in [0.5, 0.6) is 0 Å². The fourth-order valence-electron chi connectivity index (χ4n) is 2.30. The summed E-state index contributed by atoms with van der Waals surface area (Å²) in [6.07, 6.45) is -10.6. The van der Waals surface area contributed by atoms with Crippen LogP contribution in [0, 0.1) is 0 Å². The zero-order chi connectivity index (χ0) is 22.7. The number of ether oxygens (including phenoxy) is 2. The molecule has 1 aromatic carbocycles. The minimum atomic E-state index is -5.51. The summed E-state index contributed by atoms with van der Waals surface area (Å²) in [6, 6.07) is 3.46. The Morgan fingerprint density at radius 2 is 1.60 bits per heavy atom. The van der Waals surface area contributed by atoms with Gasteiger partial charge in [-0.15, -0.1) is 0 Å². The van der Waals surface area contributed by atoms with Crippen LogP contribution in [0.3, 0.4) is 0 Å². The van der Waals surface area contributed by atoms with E-state index >= 15 is 0 Å². The van der Waals surface area contributed by atoms with E-state index in [-0.39, 0.29) is 11.0 Å². The predicted molar refractivity (Wildman–Crippen MR) is 89.1 cm³/mol. The third-order valence-corrected chi connectivity index (χ3v) is 3.63. The lowest BCUT2D eigenvalue weighted by atomic mass is 10.2. The number of hydrogen-bond acceptors (Lipinski definition) is 6. The molecular weight excluding hydrogens is 426 g/mol. The van der Waals surface area contributed by atoms with Crippen molar-refractivity contribution in [1.29, 1.82) is 0 Å². The number of urea groups is 1. The predicted octanol–water partition coefficient (Wildman–Crippen LogP) is 3.24. The number of nitrogens with zero attached hydrogens (tertiary/aromatic N) is 2. The molecule has 0 fully saturated rings. The van der Waals surface area contributed by atoms with E-state index in [1.165, 1.54) is 41.8 Å². The largest absolute Gasteiger partial charge is 0.462 e. The number of alkyl halides is 6. The summed E-state index contributed by atoms with van der Waals surface area (Å²) in [5.41, 5.74) is -5.85. The number of esters is 1. The summed E-state index contributed by atoms with van der Waals surface area (Å²) < 4.78 is 88.7. The second-order valence-corrected chi connectivity index (χ2v) is 5.59. The molecule has 0 saturated carbocycles. The van der Waals surface area contributed by atoms with Crippen LogP contribution in [0.1, 0.15) is 12.6 Å². The number of nitrogens with one attached hydrogen (secondary N) is 2. The van der Waals surface area contributed by atoms with Gasteiger partial charge in [0.2, 0.25) is 0 Å². The normalized spacial score (nSPS) is 14.1. The van der Waals surface area contributed by atoms with Gasteiger partial charge in [0.25, 0.3) is 0 Å². The highest BCUT2D eigenvalue weighted by atomic mass is 19.4. The second kappa shape index (κ2) is 8.30. The Labute approximate surface area is 164 Å². The van der Waals surface area contributed by atoms with Gasteiger partial charge in [0.1, 0.15) is 0 Å². The van der Waals surface area contributed by atoms with Gasteiger partial charge in [0.15, 0.2) is 11.5 Å². The molecule has 0 aliphatic carbocycles. The number of amides is 2. The summed E-state index contributed by atoms with van der Waals surface area (Å²) in [5, 5.41) is 2.71. The third-order valence-electron chi connectivity index (χ3n) is 3.63. The lowest BCUT2D eigenvalue weighted by Gasteiger charge is -2.32. The van der Waals surface area contributed by atoms with E-state index < -0.39 is 48.2 Å². The zero-order valence-electron chi connectivity index (χ0n) is 15.3. The minimum Gasteiger partial charge on any atom is -0.462 e. The van der Waals surface area contributed by atoms with Crippen molar-refractivity contribution >= 4 is 28.9 Å². The molecule has 0 aliphatic heterocycles. The Balaban J connectivity index is 2.45. The summed E-state index contributed by atoms with van der Waals surface area (Å²) in [7, 11) is 0.460. The van der Waals surface area contributed by atoms with Gasteiger partial charge < -0.3 is 9.47 Å². The van der Waals surface area contributed by atoms with E-state index in [1.54, 1.807) is 0 Å². The van der Waals surface area contributed by atoms with Crippen molar-refractivity contribution in [1.82, 2.24) is 15.3 Å². The molecule has 8 nitrogen and oxygen atoms in total. The number of hydrogen-bond donors (Lipinski definition) is 2. The van der Waals surface area contributed by atoms with Crippen molar-refractivity contribution in [3.8, 4) is 0 Å². The average molecular weight is 440 g/mol. The van der Waals surface area contributed by atoms with Crippen LogP contribution in [-0.2, 0) is 20.4 Å². The molecule has 1 aromatic heterocycles. The zero-order valence-corrected chi connectivity index (χ0v) is 15.3. The number of benzene rings is 1. The molecule has 164 valence electrons. The Morgan fingerprint density at radius 3 is 2.07 bits per heavy atom. The Hall–Kier alpha value is -3.16. The first-order valence-electron chi connectivity index (χ1n) is 8.08. The lowest BCUT2D eigenvalue weighted by Crippen LogP contribution is -2.66. The fourth-order valence-corrected chi connectivity index (χ4v) is 2.30. The molecule has 0 radical (unpaired) electrons. The van der Waals surface area contributed by atoms with E-state index in [2.05, 4.69) is 19.4 Å². The van der Waals surface area contributed by atoms with Crippen LogP contribution in [0.15, 0.2) is 24.3 Å². The van der Waals surface area contributed by atoms with Crippen molar-refractivity contribution in [3.05, 3.63) is 30.0 Å². The van der Waals surface area contributed by atoms with Gasteiger partial charge >= 0.3 is 30.1 Å². The maximum absolute atomic E-state index is 13.4. The van der Waals surface area contributed by atoms with Crippen molar-refractivity contribution < 1.29 is 45.4 Å². The maximum atomic E-state index is 13.4. The van der Waals surface area contributed by atoms with Gasteiger partial charge in [-0.1, -0.05) is 12.1 Å². The summed E-state index contributed by atoms with van der Waals surface area (Å²) >= 11 is 0. The van der Waals surface area contributed by atoms with Gasteiger partial charge in [-0.05, 0) is 19.1 Å².